The highest BCUT2D eigenvalue weighted by Gasteiger charge is 2.28. The van der Waals surface area contributed by atoms with Crippen molar-refractivity contribution in [1.29, 1.82) is 0 Å². The summed E-state index contributed by atoms with van der Waals surface area (Å²) >= 11 is 0. The zero-order chi connectivity index (χ0) is 13.5. The van der Waals surface area contributed by atoms with Crippen LogP contribution in [0.1, 0.15) is 31.2 Å². The lowest BCUT2D eigenvalue weighted by Gasteiger charge is -2.37. The molecule has 0 spiro atoms. The molecular weight excluding hydrogens is 240 g/mol. The summed E-state index contributed by atoms with van der Waals surface area (Å²) in [6, 6.07) is 10.3. The standard InChI is InChI=1S/C15H22N2O2/c18-11-5-10-17(14-8-4-9-14)15(19)16-12-13-6-2-1-3-7-13/h1-3,6-7,14,18H,4-5,8-12H2,(H,16,19). The highest BCUT2D eigenvalue weighted by Crippen LogP contribution is 2.24. The van der Waals surface area contributed by atoms with Crippen LogP contribution < -0.4 is 5.32 Å². The van der Waals surface area contributed by atoms with Crippen LogP contribution in [0.3, 0.4) is 0 Å². The van der Waals surface area contributed by atoms with E-state index >= 15 is 0 Å². The second-order valence-electron chi connectivity index (χ2n) is 5.00. The van der Waals surface area contributed by atoms with Crippen LogP contribution in [0.5, 0.6) is 0 Å². The smallest absolute Gasteiger partial charge is 0.317 e. The average Bonchev–Trinajstić information content (AvgIpc) is 2.39. The highest BCUT2D eigenvalue weighted by molar-refractivity contribution is 5.74. The summed E-state index contributed by atoms with van der Waals surface area (Å²) in [5.74, 6) is 0. The lowest BCUT2D eigenvalue weighted by atomic mass is 9.91. The quantitative estimate of drug-likeness (QED) is 0.825. The molecule has 1 saturated carbocycles. The van der Waals surface area contributed by atoms with Crippen LogP contribution in [-0.2, 0) is 6.54 Å². The number of nitrogens with zero attached hydrogens (tertiary/aromatic N) is 1. The van der Waals surface area contributed by atoms with Gasteiger partial charge in [0, 0.05) is 25.7 Å². The number of aliphatic hydroxyl groups is 1. The van der Waals surface area contributed by atoms with E-state index in [0.717, 1.165) is 18.4 Å². The second-order valence-corrected chi connectivity index (χ2v) is 5.00. The largest absolute Gasteiger partial charge is 0.396 e. The first-order valence-corrected chi connectivity index (χ1v) is 7.00. The molecule has 1 aromatic carbocycles. The van der Waals surface area contributed by atoms with E-state index in [1.54, 1.807) is 0 Å². The summed E-state index contributed by atoms with van der Waals surface area (Å²) in [4.78, 5) is 14.1. The van der Waals surface area contributed by atoms with Crippen molar-refractivity contribution in [2.24, 2.45) is 0 Å². The molecule has 2 amide bonds. The molecule has 1 aliphatic carbocycles. The van der Waals surface area contributed by atoms with Gasteiger partial charge in [-0.3, -0.25) is 0 Å². The minimum absolute atomic E-state index is 0.0120. The number of amides is 2. The molecule has 0 aromatic heterocycles. The Balaban J connectivity index is 1.84. The van der Waals surface area contributed by atoms with Crippen molar-refractivity contribution in [3.8, 4) is 0 Å². The van der Waals surface area contributed by atoms with E-state index < -0.39 is 0 Å². The number of carbonyl (C=O) groups excluding carboxylic acids is 1. The zero-order valence-electron chi connectivity index (χ0n) is 11.2. The number of carbonyl (C=O) groups is 1. The Morgan fingerprint density at radius 1 is 1.32 bits per heavy atom. The average molecular weight is 262 g/mol. The Morgan fingerprint density at radius 3 is 2.63 bits per heavy atom. The van der Waals surface area contributed by atoms with Crippen molar-refractivity contribution in [3.05, 3.63) is 35.9 Å². The topological polar surface area (TPSA) is 52.6 Å². The van der Waals surface area contributed by atoms with Gasteiger partial charge in [-0.15, -0.1) is 0 Å². The first-order chi connectivity index (χ1) is 9.31. The molecule has 0 atom stereocenters. The number of hydrogen-bond acceptors (Lipinski definition) is 2. The summed E-state index contributed by atoms with van der Waals surface area (Å²) in [6.07, 6.45) is 4.02. The van der Waals surface area contributed by atoms with Crippen LogP contribution in [0.25, 0.3) is 0 Å². The first-order valence-electron chi connectivity index (χ1n) is 7.00. The molecule has 4 heteroatoms. The molecule has 4 nitrogen and oxygen atoms in total. The van der Waals surface area contributed by atoms with Crippen molar-refractivity contribution in [2.75, 3.05) is 13.2 Å². The van der Waals surface area contributed by atoms with Crippen molar-refractivity contribution < 1.29 is 9.90 Å². The normalized spacial score (nSPS) is 14.8. The molecule has 2 rings (SSSR count). The predicted molar refractivity (Wildman–Crippen MR) is 74.7 cm³/mol. The van der Waals surface area contributed by atoms with Gasteiger partial charge in [0.05, 0.1) is 0 Å². The summed E-state index contributed by atoms with van der Waals surface area (Å²) < 4.78 is 0. The first kappa shape index (κ1) is 13.9. The fourth-order valence-electron chi connectivity index (χ4n) is 2.26. The van der Waals surface area contributed by atoms with Gasteiger partial charge in [0.25, 0.3) is 0 Å². The van der Waals surface area contributed by atoms with Crippen molar-refractivity contribution in [3.63, 3.8) is 0 Å². The Hall–Kier alpha value is -1.55. The van der Waals surface area contributed by atoms with Crippen LogP contribution in [0.2, 0.25) is 0 Å². The van der Waals surface area contributed by atoms with Gasteiger partial charge in [0.2, 0.25) is 0 Å². The third-order valence-corrected chi connectivity index (χ3v) is 3.62. The SMILES string of the molecule is O=C(NCc1ccccc1)N(CCCO)C1CCC1. The summed E-state index contributed by atoms with van der Waals surface area (Å²) in [5, 5.41) is 11.9. The molecule has 0 radical (unpaired) electrons. The molecule has 1 fully saturated rings. The van der Waals surface area contributed by atoms with Crippen LogP contribution in [0.15, 0.2) is 30.3 Å². The van der Waals surface area contributed by atoms with Gasteiger partial charge in [0.1, 0.15) is 0 Å². The monoisotopic (exact) mass is 262 g/mol. The molecule has 0 aliphatic heterocycles. The van der Waals surface area contributed by atoms with E-state index in [-0.39, 0.29) is 12.6 Å². The molecule has 1 aliphatic rings. The number of rotatable bonds is 6. The highest BCUT2D eigenvalue weighted by atomic mass is 16.3. The van der Waals surface area contributed by atoms with Gasteiger partial charge in [-0.2, -0.15) is 0 Å². The number of aliphatic hydroxyl groups excluding tert-OH is 1. The lowest BCUT2D eigenvalue weighted by molar-refractivity contribution is 0.130. The van der Waals surface area contributed by atoms with Crippen LogP contribution in [0.4, 0.5) is 4.79 Å². The van der Waals surface area contributed by atoms with Gasteiger partial charge in [-0.05, 0) is 31.2 Å². The van der Waals surface area contributed by atoms with E-state index in [1.807, 2.05) is 35.2 Å². The number of nitrogens with one attached hydrogen (secondary N) is 1. The minimum atomic E-state index is -0.0120. The van der Waals surface area contributed by atoms with E-state index in [0.29, 0.717) is 25.6 Å². The molecule has 0 bridgehead atoms. The predicted octanol–water partition coefficient (Wildman–Crippen LogP) is 2.13. The van der Waals surface area contributed by atoms with Crippen LogP contribution >= 0.6 is 0 Å². The molecule has 0 unspecified atom stereocenters. The third-order valence-electron chi connectivity index (χ3n) is 3.62. The molecule has 1 aromatic rings. The molecule has 0 heterocycles. The Kier molecular flexibility index (Phi) is 5.21. The number of benzene rings is 1. The summed E-state index contributed by atoms with van der Waals surface area (Å²) in [5.41, 5.74) is 1.10. The summed E-state index contributed by atoms with van der Waals surface area (Å²) in [7, 11) is 0. The lowest BCUT2D eigenvalue weighted by Crippen LogP contribution is -2.49. The maximum atomic E-state index is 12.2. The number of urea groups is 1. The molecule has 2 N–H and O–H groups in total. The Labute approximate surface area is 114 Å². The third kappa shape index (κ3) is 3.96. The molecular formula is C15H22N2O2. The second kappa shape index (κ2) is 7.14. The number of hydrogen-bond donors (Lipinski definition) is 2. The van der Waals surface area contributed by atoms with E-state index in [1.165, 1.54) is 6.42 Å². The van der Waals surface area contributed by atoms with Crippen molar-refractivity contribution >= 4 is 6.03 Å². The van der Waals surface area contributed by atoms with E-state index in [9.17, 15) is 4.79 Å². The fraction of sp³-hybridized carbons (Fsp3) is 0.533. The molecule has 0 saturated heterocycles. The van der Waals surface area contributed by atoms with Crippen molar-refractivity contribution in [2.45, 2.75) is 38.3 Å². The Bertz CT molecular complexity index is 390. The summed E-state index contributed by atoms with van der Waals surface area (Å²) in [6.45, 7) is 1.33. The fourth-order valence-corrected chi connectivity index (χ4v) is 2.26. The Morgan fingerprint density at radius 2 is 2.05 bits per heavy atom. The molecule has 19 heavy (non-hydrogen) atoms. The van der Waals surface area contributed by atoms with Gasteiger partial charge >= 0.3 is 6.03 Å². The maximum absolute atomic E-state index is 12.2. The van der Waals surface area contributed by atoms with Gasteiger partial charge in [-0.1, -0.05) is 30.3 Å². The maximum Gasteiger partial charge on any atom is 0.317 e. The minimum Gasteiger partial charge on any atom is -0.396 e. The molecule has 104 valence electrons. The van der Waals surface area contributed by atoms with Crippen LogP contribution in [-0.4, -0.2) is 35.2 Å². The van der Waals surface area contributed by atoms with Gasteiger partial charge < -0.3 is 15.3 Å². The zero-order valence-corrected chi connectivity index (χ0v) is 11.2. The van der Waals surface area contributed by atoms with E-state index in [4.69, 9.17) is 5.11 Å². The van der Waals surface area contributed by atoms with Gasteiger partial charge in [-0.25, -0.2) is 4.79 Å². The van der Waals surface area contributed by atoms with Crippen LogP contribution in [0, 0.1) is 0 Å². The van der Waals surface area contributed by atoms with Crippen molar-refractivity contribution in [1.82, 2.24) is 10.2 Å². The van der Waals surface area contributed by atoms with Gasteiger partial charge in [0.15, 0.2) is 0 Å². The van der Waals surface area contributed by atoms with E-state index in [2.05, 4.69) is 5.32 Å².